The van der Waals surface area contributed by atoms with Gasteiger partial charge in [-0.05, 0) is 53.4 Å². The minimum Gasteiger partial charge on any atom is -0.357 e. The van der Waals surface area contributed by atoms with Crippen molar-refractivity contribution < 1.29 is 4.79 Å². The van der Waals surface area contributed by atoms with E-state index in [1.807, 2.05) is 54.7 Å². The lowest BCUT2D eigenvalue weighted by atomic mass is 10.1. The van der Waals surface area contributed by atoms with Gasteiger partial charge in [-0.3, -0.25) is 4.79 Å². The molecule has 1 aliphatic rings. The van der Waals surface area contributed by atoms with Gasteiger partial charge in [-0.1, -0.05) is 30.3 Å². The number of benzene rings is 2. The maximum Gasteiger partial charge on any atom is 0.251 e. The number of nitrogens with one attached hydrogen (secondary N) is 1. The maximum atomic E-state index is 12.5. The Morgan fingerprint density at radius 2 is 1.80 bits per heavy atom. The molecule has 4 nitrogen and oxygen atoms in total. The van der Waals surface area contributed by atoms with Crippen molar-refractivity contribution in [3.63, 3.8) is 0 Å². The zero-order valence-corrected chi connectivity index (χ0v) is 14.1. The third-order valence-corrected chi connectivity index (χ3v) is 4.70. The van der Waals surface area contributed by atoms with Crippen molar-refractivity contribution in [3.05, 3.63) is 71.9 Å². The molecule has 0 bridgehead atoms. The number of fused-ring (bicyclic) bond motifs is 1. The zero-order chi connectivity index (χ0) is 17.1. The van der Waals surface area contributed by atoms with Gasteiger partial charge in [0, 0.05) is 31.4 Å². The Balaban J connectivity index is 1.45. The Kier molecular flexibility index (Phi) is 4.34. The number of anilines is 1. The number of hydrogen-bond donors (Lipinski definition) is 1. The molecule has 0 spiro atoms. The Bertz CT molecular complexity index is 900. The SMILES string of the molecule is O=C(NCc1ccnc(N2CCCC2)c1)c1ccc2ccccc2c1. The molecule has 1 fully saturated rings. The summed E-state index contributed by atoms with van der Waals surface area (Å²) in [5.41, 5.74) is 1.76. The first kappa shape index (κ1) is 15.6. The predicted molar refractivity (Wildman–Crippen MR) is 101 cm³/mol. The highest BCUT2D eigenvalue weighted by atomic mass is 16.1. The van der Waals surface area contributed by atoms with Gasteiger partial charge in [0.15, 0.2) is 0 Å². The van der Waals surface area contributed by atoms with Crippen molar-refractivity contribution >= 4 is 22.5 Å². The highest BCUT2D eigenvalue weighted by molar-refractivity contribution is 5.98. The largest absolute Gasteiger partial charge is 0.357 e. The number of pyridine rings is 1. The molecule has 4 rings (SSSR count). The van der Waals surface area contributed by atoms with Crippen molar-refractivity contribution in [3.8, 4) is 0 Å². The third kappa shape index (κ3) is 3.48. The first-order valence-electron chi connectivity index (χ1n) is 8.76. The van der Waals surface area contributed by atoms with Gasteiger partial charge in [0.05, 0.1) is 0 Å². The van der Waals surface area contributed by atoms with E-state index in [-0.39, 0.29) is 5.91 Å². The predicted octanol–water partition coefficient (Wildman–Crippen LogP) is 3.77. The van der Waals surface area contributed by atoms with E-state index in [9.17, 15) is 4.79 Å². The summed E-state index contributed by atoms with van der Waals surface area (Å²) < 4.78 is 0. The van der Waals surface area contributed by atoms with Crippen LogP contribution in [0.3, 0.4) is 0 Å². The van der Waals surface area contributed by atoms with Crippen molar-refractivity contribution in [1.29, 1.82) is 0 Å². The van der Waals surface area contributed by atoms with Gasteiger partial charge in [0.2, 0.25) is 0 Å². The molecule has 2 aromatic carbocycles. The molecule has 1 saturated heterocycles. The molecule has 0 unspecified atom stereocenters. The number of carbonyl (C=O) groups is 1. The fourth-order valence-electron chi connectivity index (χ4n) is 3.30. The lowest BCUT2D eigenvalue weighted by Crippen LogP contribution is -2.23. The molecule has 2 heterocycles. The second-order valence-electron chi connectivity index (χ2n) is 6.46. The average molecular weight is 331 g/mol. The van der Waals surface area contributed by atoms with Gasteiger partial charge in [-0.15, -0.1) is 0 Å². The van der Waals surface area contributed by atoms with Crippen LogP contribution in [0.2, 0.25) is 0 Å². The molecule has 0 aliphatic carbocycles. The third-order valence-electron chi connectivity index (χ3n) is 4.70. The second kappa shape index (κ2) is 6.93. The molecule has 1 N–H and O–H groups in total. The van der Waals surface area contributed by atoms with Crippen LogP contribution in [0.4, 0.5) is 5.82 Å². The molecule has 126 valence electrons. The van der Waals surface area contributed by atoms with E-state index in [4.69, 9.17) is 0 Å². The van der Waals surface area contributed by atoms with Crippen LogP contribution in [-0.2, 0) is 6.54 Å². The quantitative estimate of drug-likeness (QED) is 0.791. The summed E-state index contributed by atoms with van der Waals surface area (Å²) in [6, 6.07) is 17.9. The average Bonchev–Trinajstić information content (AvgIpc) is 3.21. The molecule has 0 saturated carbocycles. The molecule has 1 aliphatic heterocycles. The summed E-state index contributed by atoms with van der Waals surface area (Å²) in [4.78, 5) is 19.2. The van der Waals surface area contributed by atoms with Crippen molar-refractivity contribution in [2.75, 3.05) is 18.0 Å². The second-order valence-corrected chi connectivity index (χ2v) is 6.46. The molecular weight excluding hydrogens is 310 g/mol. The van der Waals surface area contributed by atoms with Gasteiger partial charge >= 0.3 is 0 Å². The van der Waals surface area contributed by atoms with Crippen LogP contribution in [0.15, 0.2) is 60.8 Å². The molecule has 0 atom stereocenters. The zero-order valence-electron chi connectivity index (χ0n) is 14.1. The van der Waals surface area contributed by atoms with Crippen LogP contribution >= 0.6 is 0 Å². The number of rotatable bonds is 4. The van der Waals surface area contributed by atoms with Gasteiger partial charge in [-0.25, -0.2) is 4.98 Å². The Morgan fingerprint density at radius 3 is 2.64 bits per heavy atom. The summed E-state index contributed by atoms with van der Waals surface area (Å²) in [5, 5.41) is 5.23. The summed E-state index contributed by atoms with van der Waals surface area (Å²) in [5.74, 6) is 0.959. The van der Waals surface area contributed by atoms with Crippen LogP contribution in [0, 0.1) is 0 Å². The van der Waals surface area contributed by atoms with E-state index in [0.717, 1.165) is 35.2 Å². The standard InChI is InChI=1S/C21H21N3O/c25-21(19-8-7-17-5-1-2-6-18(17)14-19)23-15-16-9-10-22-20(13-16)24-11-3-4-12-24/h1-2,5-10,13-14H,3-4,11-12,15H2,(H,23,25). The Labute approximate surface area is 147 Å². The van der Waals surface area contributed by atoms with Gasteiger partial charge in [0.1, 0.15) is 5.82 Å². The Hall–Kier alpha value is -2.88. The summed E-state index contributed by atoms with van der Waals surface area (Å²) in [7, 11) is 0. The molecule has 3 aromatic rings. The van der Waals surface area contributed by atoms with Gasteiger partial charge in [-0.2, -0.15) is 0 Å². The van der Waals surface area contributed by atoms with E-state index in [1.165, 1.54) is 12.8 Å². The molecule has 4 heteroatoms. The molecule has 1 amide bonds. The first-order chi connectivity index (χ1) is 12.3. The number of hydrogen-bond acceptors (Lipinski definition) is 3. The normalized spacial score (nSPS) is 14.0. The molecular formula is C21H21N3O. The summed E-state index contributed by atoms with van der Waals surface area (Å²) >= 11 is 0. The summed E-state index contributed by atoms with van der Waals surface area (Å²) in [6.45, 7) is 2.65. The highest BCUT2D eigenvalue weighted by Gasteiger charge is 2.14. The monoisotopic (exact) mass is 331 g/mol. The smallest absolute Gasteiger partial charge is 0.251 e. The minimum absolute atomic E-state index is 0.0507. The number of carbonyl (C=O) groups excluding carboxylic acids is 1. The van der Waals surface area contributed by atoms with Crippen LogP contribution in [0.5, 0.6) is 0 Å². The topological polar surface area (TPSA) is 45.2 Å². The van der Waals surface area contributed by atoms with Crippen molar-refractivity contribution in [2.45, 2.75) is 19.4 Å². The Morgan fingerprint density at radius 1 is 1.00 bits per heavy atom. The van der Waals surface area contributed by atoms with E-state index in [0.29, 0.717) is 12.1 Å². The van der Waals surface area contributed by atoms with Gasteiger partial charge < -0.3 is 10.2 Å². The minimum atomic E-state index is -0.0507. The lowest BCUT2D eigenvalue weighted by molar-refractivity contribution is 0.0951. The van der Waals surface area contributed by atoms with E-state index < -0.39 is 0 Å². The van der Waals surface area contributed by atoms with Gasteiger partial charge in [0.25, 0.3) is 5.91 Å². The van der Waals surface area contributed by atoms with Crippen molar-refractivity contribution in [1.82, 2.24) is 10.3 Å². The number of amides is 1. The van der Waals surface area contributed by atoms with Crippen LogP contribution < -0.4 is 10.2 Å². The van der Waals surface area contributed by atoms with Crippen molar-refractivity contribution in [2.24, 2.45) is 0 Å². The summed E-state index contributed by atoms with van der Waals surface area (Å²) in [6.07, 6.45) is 4.28. The van der Waals surface area contributed by atoms with E-state index in [1.54, 1.807) is 0 Å². The fraction of sp³-hybridized carbons (Fsp3) is 0.238. The maximum absolute atomic E-state index is 12.5. The number of nitrogens with zero attached hydrogens (tertiary/aromatic N) is 2. The first-order valence-corrected chi connectivity index (χ1v) is 8.76. The van der Waals surface area contributed by atoms with Crippen LogP contribution in [0.25, 0.3) is 10.8 Å². The molecule has 0 radical (unpaired) electrons. The lowest BCUT2D eigenvalue weighted by Gasteiger charge is -2.17. The molecule has 1 aromatic heterocycles. The van der Waals surface area contributed by atoms with E-state index in [2.05, 4.69) is 21.3 Å². The number of aromatic nitrogens is 1. The van der Waals surface area contributed by atoms with Crippen LogP contribution in [0.1, 0.15) is 28.8 Å². The fourth-order valence-corrected chi connectivity index (χ4v) is 3.30. The highest BCUT2D eigenvalue weighted by Crippen LogP contribution is 2.19. The molecule has 25 heavy (non-hydrogen) atoms. The van der Waals surface area contributed by atoms with Crippen LogP contribution in [-0.4, -0.2) is 24.0 Å². The van der Waals surface area contributed by atoms with E-state index >= 15 is 0 Å².